The number of hydrogen-bond donors (Lipinski definition) is 1. The lowest BCUT2D eigenvalue weighted by molar-refractivity contribution is 0.0828. The van der Waals surface area contributed by atoms with Gasteiger partial charge in [-0.15, -0.1) is 0 Å². The second-order valence-corrected chi connectivity index (χ2v) is 4.53. The summed E-state index contributed by atoms with van der Waals surface area (Å²) in [4.78, 5) is 13.6. The highest BCUT2D eigenvalue weighted by Gasteiger charge is 2.25. The molecule has 0 spiro atoms. The maximum Gasteiger partial charge on any atom is 0.255 e. The Balaban J connectivity index is 2.38. The van der Waals surface area contributed by atoms with Crippen LogP contribution >= 0.6 is 0 Å². The Bertz CT molecular complexity index is 408. The van der Waals surface area contributed by atoms with Gasteiger partial charge in [0.2, 0.25) is 0 Å². The summed E-state index contributed by atoms with van der Waals surface area (Å²) in [7, 11) is 5.41. The molecule has 1 amide bonds. The zero-order chi connectivity index (χ0) is 11.7. The molecule has 1 aliphatic rings. The molecule has 0 radical (unpaired) electrons. The lowest BCUT2D eigenvalue weighted by atomic mass is 10.0. The van der Waals surface area contributed by atoms with E-state index < -0.39 is 0 Å². The predicted molar refractivity (Wildman–Crippen MR) is 66.0 cm³/mol. The van der Waals surface area contributed by atoms with E-state index in [-0.39, 0.29) is 5.91 Å². The molecule has 3 heteroatoms. The van der Waals surface area contributed by atoms with Crippen molar-refractivity contribution >= 4 is 11.6 Å². The molecule has 2 rings (SSSR count). The fourth-order valence-corrected chi connectivity index (χ4v) is 1.87. The summed E-state index contributed by atoms with van der Waals surface area (Å²) in [6.07, 6.45) is 2.52. The van der Waals surface area contributed by atoms with Gasteiger partial charge in [0.05, 0.1) is 5.56 Å². The number of nitrogens with zero attached hydrogens (tertiary/aromatic N) is 1. The van der Waals surface area contributed by atoms with Crippen molar-refractivity contribution in [2.45, 2.75) is 18.8 Å². The molecule has 1 aliphatic carbocycles. The molecular formula is C13H18N2O. The third-order valence-electron chi connectivity index (χ3n) is 3.00. The van der Waals surface area contributed by atoms with Crippen molar-refractivity contribution in [1.29, 1.82) is 0 Å². The summed E-state index contributed by atoms with van der Waals surface area (Å²) in [6.45, 7) is 0. The topological polar surface area (TPSA) is 32.3 Å². The molecular weight excluding hydrogens is 200 g/mol. The molecule has 1 fully saturated rings. The Kier molecular flexibility index (Phi) is 2.86. The molecule has 0 unspecified atom stereocenters. The Labute approximate surface area is 96.5 Å². The van der Waals surface area contributed by atoms with Crippen LogP contribution in [0.4, 0.5) is 5.69 Å². The van der Waals surface area contributed by atoms with Crippen LogP contribution in [0.15, 0.2) is 18.2 Å². The summed E-state index contributed by atoms with van der Waals surface area (Å²) < 4.78 is 0. The van der Waals surface area contributed by atoms with Crippen LogP contribution in [0.1, 0.15) is 34.7 Å². The summed E-state index contributed by atoms with van der Waals surface area (Å²) in [5, 5.41) is 3.07. The van der Waals surface area contributed by atoms with E-state index in [0.717, 1.165) is 11.3 Å². The minimum atomic E-state index is 0.0619. The van der Waals surface area contributed by atoms with E-state index in [1.165, 1.54) is 18.4 Å². The van der Waals surface area contributed by atoms with E-state index in [1.54, 1.807) is 19.0 Å². The van der Waals surface area contributed by atoms with E-state index in [9.17, 15) is 4.79 Å². The van der Waals surface area contributed by atoms with Gasteiger partial charge >= 0.3 is 0 Å². The smallest absolute Gasteiger partial charge is 0.255 e. The average molecular weight is 218 g/mol. The maximum absolute atomic E-state index is 12.0. The molecule has 1 aromatic carbocycles. The molecule has 3 nitrogen and oxygen atoms in total. The number of rotatable bonds is 3. The van der Waals surface area contributed by atoms with Crippen LogP contribution in [0.25, 0.3) is 0 Å². The van der Waals surface area contributed by atoms with Crippen molar-refractivity contribution in [3.63, 3.8) is 0 Å². The first kappa shape index (κ1) is 11.0. The highest BCUT2D eigenvalue weighted by Crippen LogP contribution is 2.41. The first-order valence-corrected chi connectivity index (χ1v) is 5.67. The van der Waals surface area contributed by atoms with Crippen molar-refractivity contribution in [3.8, 4) is 0 Å². The van der Waals surface area contributed by atoms with Gasteiger partial charge in [0, 0.05) is 26.8 Å². The third-order valence-corrected chi connectivity index (χ3v) is 3.00. The van der Waals surface area contributed by atoms with Crippen LogP contribution in [0.2, 0.25) is 0 Å². The predicted octanol–water partition coefficient (Wildman–Crippen LogP) is 2.31. The summed E-state index contributed by atoms with van der Waals surface area (Å²) in [6, 6.07) is 6.16. The van der Waals surface area contributed by atoms with Crippen molar-refractivity contribution in [2.24, 2.45) is 0 Å². The Hall–Kier alpha value is -1.51. The van der Waals surface area contributed by atoms with Gasteiger partial charge in [0.1, 0.15) is 0 Å². The van der Waals surface area contributed by atoms with Crippen LogP contribution in [-0.2, 0) is 0 Å². The van der Waals surface area contributed by atoms with Crippen molar-refractivity contribution in [1.82, 2.24) is 4.90 Å². The fourth-order valence-electron chi connectivity index (χ4n) is 1.87. The van der Waals surface area contributed by atoms with Crippen LogP contribution in [0.3, 0.4) is 0 Å². The second kappa shape index (κ2) is 4.16. The standard InChI is InChI=1S/C13H18N2O/c1-14-12-7-6-10(9-4-5-9)8-11(12)13(16)15(2)3/h6-9,14H,4-5H2,1-3H3. The first-order chi connectivity index (χ1) is 7.63. The Morgan fingerprint density at radius 3 is 2.56 bits per heavy atom. The average Bonchev–Trinajstić information content (AvgIpc) is 3.11. The number of amides is 1. The quantitative estimate of drug-likeness (QED) is 0.844. The van der Waals surface area contributed by atoms with Crippen molar-refractivity contribution in [2.75, 3.05) is 26.5 Å². The largest absolute Gasteiger partial charge is 0.387 e. The van der Waals surface area contributed by atoms with Gasteiger partial charge in [-0.25, -0.2) is 0 Å². The third kappa shape index (κ3) is 2.03. The van der Waals surface area contributed by atoms with E-state index in [4.69, 9.17) is 0 Å². The number of carbonyl (C=O) groups excluding carboxylic acids is 1. The van der Waals surface area contributed by atoms with E-state index in [0.29, 0.717) is 5.92 Å². The summed E-state index contributed by atoms with van der Waals surface area (Å²) in [5.74, 6) is 0.742. The van der Waals surface area contributed by atoms with Crippen LogP contribution in [-0.4, -0.2) is 32.0 Å². The van der Waals surface area contributed by atoms with Crippen molar-refractivity contribution < 1.29 is 4.79 Å². The molecule has 86 valence electrons. The van der Waals surface area contributed by atoms with Gasteiger partial charge in [-0.05, 0) is 36.5 Å². The van der Waals surface area contributed by atoms with Gasteiger partial charge in [-0.3, -0.25) is 4.79 Å². The highest BCUT2D eigenvalue weighted by atomic mass is 16.2. The number of hydrogen-bond acceptors (Lipinski definition) is 2. The number of benzene rings is 1. The minimum absolute atomic E-state index is 0.0619. The normalized spacial score (nSPS) is 14.7. The summed E-state index contributed by atoms with van der Waals surface area (Å²) in [5.41, 5.74) is 2.98. The zero-order valence-corrected chi connectivity index (χ0v) is 10.1. The molecule has 16 heavy (non-hydrogen) atoms. The van der Waals surface area contributed by atoms with E-state index in [2.05, 4.69) is 11.4 Å². The molecule has 0 saturated heterocycles. The molecule has 0 bridgehead atoms. The molecule has 0 aromatic heterocycles. The fraction of sp³-hybridized carbons (Fsp3) is 0.462. The minimum Gasteiger partial charge on any atom is -0.387 e. The SMILES string of the molecule is CNc1ccc(C2CC2)cc1C(=O)N(C)C. The second-order valence-electron chi connectivity index (χ2n) is 4.53. The van der Waals surface area contributed by atoms with Gasteiger partial charge in [0.15, 0.2) is 0 Å². The Morgan fingerprint density at radius 1 is 1.38 bits per heavy atom. The molecule has 0 heterocycles. The van der Waals surface area contributed by atoms with E-state index >= 15 is 0 Å². The molecule has 0 atom stereocenters. The molecule has 0 aliphatic heterocycles. The van der Waals surface area contributed by atoms with E-state index in [1.807, 2.05) is 19.2 Å². The van der Waals surface area contributed by atoms with Gasteiger partial charge in [0.25, 0.3) is 5.91 Å². The van der Waals surface area contributed by atoms with Gasteiger partial charge < -0.3 is 10.2 Å². The monoisotopic (exact) mass is 218 g/mol. The van der Waals surface area contributed by atoms with Crippen LogP contribution in [0.5, 0.6) is 0 Å². The van der Waals surface area contributed by atoms with Crippen LogP contribution < -0.4 is 5.32 Å². The zero-order valence-electron chi connectivity index (χ0n) is 10.1. The van der Waals surface area contributed by atoms with Crippen molar-refractivity contribution in [3.05, 3.63) is 29.3 Å². The lowest BCUT2D eigenvalue weighted by Gasteiger charge is -2.15. The number of carbonyl (C=O) groups is 1. The van der Waals surface area contributed by atoms with Gasteiger partial charge in [-0.1, -0.05) is 6.07 Å². The molecule has 1 N–H and O–H groups in total. The highest BCUT2D eigenvalue weighted by molar-refractivity contribution is 5.99. The maximum atomic E-state index is 12.0. The lowest BCUT2D eigenvalue weighted by Crippen LogP contribution is -2.22. The summed E-state index contributed by atoms with van der Waals surface area (Å²) >= 11 is 0. The van der Waals surface area contributed by atoms with Crippen LogP contribution in [0, 0.1) is 0 Å². The number of anilines is 1. The number of nitrogens with one attached hydrogen (secondary N) is 1. The molecule has 1 saturated carbocycles. The first-order valence-electron chi connectivity index (χ1n) is 5.67. The van der Waals surface area contributed by atoms with Gasteiger partial charge in [-0.2, -0.15) is 0 Å². The molecule has 1 aromatic rings. The Morgan fingerprint density at radius 2 is 2.06 bits per heavy atom.